The summed E-state index contributed by atoms with van der Waals surface area (Å²) in [4.78, 5) is 31.3. The number of rotatable bonds is 6. The van der Waals surface area contributed by atoms with Gasteiger partial charge < -0.3 is 15.2 Å². The molecule has 6 aromatic rings. The molecule has 10 heteroatoms. The average Bonchev–Trinajstić information content (AvgIpc) is 3.62. The van der Waals surface area contributed by atoms with Gasteiger partial charge in [-0.05, 0) is 55.9 Å². The lowest BCUT2D eigenvalue weighted by molar-refractivity contribution is -0.116. The van der Waals surface area contributed by atoms with Crippen molar-refractivity contribution >= 4 is 44.9 Å². The summed E-state index contributed by atoms with van der Waals surface area (Å²) in [6, 6.07) is 11.8. The minimum Gasteiger partial charge on any atom is -0.353 e. The summed E-state index contributed by atoms with van der Waals surface area (Å²) < 4.78 is 0. The zero-order chi connectivity index (χ0) is 24.6. The Kier molecular flexibility index (Phi) is 5.51. The number of likely N-dealkylation sites (N-methyl/N-ethyl adjacent to an activating group) is 1. The second-order valence-electron chi connectivity index (χ2n) is 8.73. The van der Waals surface area contributed by atoms with Crippen LogP contribution in [0.4, 0.5) is 5.69 Å². The number of carbonyl (C=O) groups excluding carboxylic acids is 1. The molecule has 178 valence electrons. The van der Waals surface area contributed by atoms with Gasteiger partial charge in [-0.2, -0.15) is 16.4 Å². The van der Waals surface area contributed by atoms with E-state index in [1.54, 1.807) is 23.7 Å². The summed E-state index contributed by atoms with van der Waals surface area (Å²) >= 11 is 1.65. The van der Waals surface area contributed by atoms with Crippen molar-refractivity contribution in [2.75, 3.05) is 26.0 Å². The Morgan fingerprint density at radius 1 is 1.06 bits per heavy atom. The van der Waals surface area contributed by atoms with Crippen molar-refractivity contribution in [3.63, 3.8) is 0 Å². The molecule has 0 aliphatic carbocycles. The smallest absolute Gasteiger partial charge is 0.238 e. The second kappa shape index (κ2) is 8.99. The number of aromatic nitrogens is 6. The van der Waals surface area contributed by atoms with E-state index in [2.05, 4.69) is 48.0 Å². The van der Waals surface area contributed by atoms with Gasteiger partial charge >= 0.3 is 0 Å². The van der Waals surface area contributed by atoms with Crippen molar-refractivity contribution in [3.8, 4) is 33.9 Å². The Labute approximate surface area is 210 Å². The van der Waals surface area contributed by atoms with Gasteiger partial charge in [-0.15, -0.1) is 0 Å². The maximum Gasteiger partial charge on any atom is 0.238 e. The van der Waals surface area contributed by atoms with Crippen molar-refractivity contribution in [2.45, 2.75) is 0 Å². The van der Waals surface area contributed by atoms with Crippen LogP contribution in [0.5, 0.6) is 0 Å². The molecule has 6 heterocycles. The third-order valence-electron chi connectivity index (χ3n) is 5.78. The van der Waals surface area contributed by atoms with E-state index in [1.807, 2.05) is 54.8 Å². The lowest BCUT2D eigenvalue weighted by atomic mass is 10.1. The predicted molar refractivity (Wildman–Crippen MR) is 143 cm³/mol. The van der Waals surface area contributed by atoms with Crippen LogP contribution in [0.3, 0.4) is 0 Å². The van der Waals surface area contributed by atoms with E-state index >= 15 is 0 Å². The molecule has 0 bridgehead atoms. The molecule has 0 radical (unpaired) electrons. The summed E-state index contributed by atoms with van der Waals surface area (Å²) in [5.41, 5.74) is 8.31. The van der Waals surface area contributed by atoms with E-state index in [4.69, 9.17) is 4.98 Å². The molecule has 36 heavy (non-hydrogen) atoms. The number of nitrogens with one attached hydrogen (secondary N) is 3. The Hall–Kier alpha value is -4.41. The first-order valence-corrected chi connectivity index (χ1v) is 12.3. The van der Waals surface area contributed by atoms with Crippen LogP contribution < -0.4 is 5.32 Å². The lowest BCUT2D eigenvalue weighted by Crippen LogP contribution is -2.27. The molecule has 0 saturated heterocycles. The van der Waals surface area contributed by atoms with E-state index in [-0.39, 0.29) is 5.91 Å². The highest BCUT2D eigenvalue weighted by atomic mass is 32.1. The molecule has 1 amide bonds. The van der Waals surface area contributed by atoms with Crippen LogP contribution in [0, 0.1) is 0 Å². The van der Waals surface area contributed by atoms with Crippen molar-refractivity contribution in [2.24, 2.45) is 0 Å². The molecule has 6 aromatic heterocycles. The first-order chi connectivity index (χ1) is 17.5. The topological polar surface area (TPSA) is 115 Å². The zero-order valence-electron chi connectivity index (χ0n) is 19.6. The summed E-state index contributed by atoms with van der Waals surface area (Å²) in [5.74, 6) is -0.102. The van der Waals surface area contributed by atoms with Gasteiger partial charge in [0.05, 0.1) is 41.0 Å². The minimum atomic E-state index is -0.102. The predicted octanol–water partition coefficient (Wildman–Crippen LogP) is 4.79. The van der Waals surface area contributed by atoms with Gasteiger partial charge in [0.15, 0.2) is 0 Å². The van der Waals surface area contributed by atoms with Crippen molar-refractivity contribution in [1.29, 1.82) is 0 Å². The number of aromatic amines is 2. The molecule has 9 nitrogen and oxygen atoms in total. The summed E-state index contributed by atoms with van der Waals surface area (Å²) in [5, 5.41) is 15.7. The van der Waals surface area contributed by atoms with Crippen LogP contribution >= 0.6 is 11.3 Å². The van der Waals surface area contributed by atoms with Gasteiger partial charge in [-0.1, -0.05) is 0 Å². The van der Waals surface area contributed by atoms with Crippen LogP contribution in [0.25, 0.3) is 55.8 Å². The Balaban J connectivity index is 1.38. The Morgan fingerprint density at radius 2 is 1.97 bits per heavy atom. The quantitative estimate of drug-likeness (QED) is 0.307. The number of anilines is 1. The molecule has 3 N–H and O–H groups in total. The van der Waals surface area contributed by atoms with E-state index < -0.39 is 0 Å². The molecule has 0 spiro atoms. The van der Waals surface area contributed by atoms with E-state index in [1.165, 1.54) is 0 Å². The van der Waals surface area contributed by atoms with Crippen LogP contribution in [-0.2, 0) is 4.79 Å². The highest BCUT2D eigenvalue weighted by Crippen LogP contribution is 2.33. The number of hydrogen-bond acceptors (Lipinski definition) is 7. The van der Waals surface area contributed by atoms with Crippen LogP contribution in [0.15, 0.2) is 65.7 Å². The molecule has 0 aliphatic rings. The SMILES string of the molecule is CN(C)CC(=O)Nc1cncc(-c2ccc3[nH]nc(-c4cc5c(-c6ccsc6)nccc5[nH]4)c3n2)c1. The van der Waals surface area contributed by atoms with Gasteiger partial charge in [0, 0.05) is 39.8 Å². The van der Waals surface area contributed by atoms with Crippen molar-refractivity contribution in [3.05, 3.63) is 65.7 Å². The van der Waals surface area contributed by atoms with E-state index in [0.717, 1.165) is 55.8 Å². The van der Waals surface area contributed by atoms with Gasteiger partial charge in [-0.25, -0.2) is 4.98 Å². The minimum absolute atomic E-state index is 0.102. The van der Waals surface area contributed by atoms with Gasteiger partial charge in [0.25, 0.3) is 0 Å². The largest absolute Gasteiger partial charge is 0.353 e. The normalized spacial score (nSPS) is 11.5. The van der Waals surface area contributed by atoms with Gasteiger partial charge in [0.2, 0.25) is 5.91 Å². The molecule has 0 unspecified atom stereocenters. The molecular formula is C26H22N8OS. The van der Waals surface area contributed by atoms with Crippen molar-refractivity contribution < 1.29 is 4.79 Å². The molecule has 0 fully saturated rings. The van der Waals surface area contributed by atoms with Gasteiger partial charge in [-0.3, -0.25) is 19.9 Å². The highest BCUT2D eigenvalue weighted by molar-refractivity contribution is 7.08. The van der Waals surface area contributed by atoms with Crippen molar-refractivity contribution in [1.82, 2.24) is 35.0 Å². The fourth-order valence-electron chi connectivity index (χ4n) is 4.19. The average molecular weight is 495 g/mol. The fraction of sp³-hybridized carbons (Fsp3) is 0.115. The van der Waals surface area contributed by atoms with Crippen LogP contribution in [-0.4, -0.2) is 61.6 Å². The molecular weight excluding hydrogens is 472 g/mol. The molecule has 0 saturated carbocycles. The first kappa shape index (κ1) is 22.1. The number of amides is 1. The zero-order valence-corrected chi connectivity index (χ0v) is 20.4. The standard InChI is InChI=1S/C26H22N8OS/c1-34(2)13-23(35)29-17-9-16(11-27-12-17)19-3-4-21-25(31-19)26(33-32-21)22-10-18-20(30-22)5-7-28-24(18)15-6-8-36-14-15/h3-12,14,30H,13H2,1-2H3,(H,29,35)(H,32,33). The number of nitrogens with zero attached hydrogens (tertiary/aromatic N) is 5. The third-order valence-corrected chi connectivity index (χ3v) is 6.47. The first-order valence-electron chi connectivity index (χ1n) is 11.3. The number of thiophene rings is 1. The summed E-state index contributed by atoms with van der Waals surface area (Å²) in [7, 11) is 3.70. The fourth-order valence-corrected chi connectivity index (χ4v) is 4.83. The maximum atomic E-state index is 12.2. The molecule has 0 atom stereocenters. The number of hydrogen-bond donors (Lipinski definition) is 3. The van der Waals surface area contributed by atoms with E-state index in [0.29, 0.717) is 12.2 Å². The summed E-state index contributed by atoms with van der Waals surface area (Å²) in [6.45, 7) is 0.293. The van der Waals surface area contributed by atoms with Gasteiger partial charge in [0.1, 0.15) is 11.2 Å². The summed E-state index contributed by atoms with van der Waals surface area (Å²) in [6.07, 6.45) is 5.17. The Morgan fingerprint density at radius 3 is 2.81 bits per heavy atom. The number of fused-ring (bicyclic) bond motifs is 2. The van der Waals surface area contributed by atoms with Crippen LogP contribution in [0.2, 0.25) is 0 Å². The number of carbonyl (C=O) groups is 1. The maximum absolute atomic E-state index is 12.2. The molecule has 0 aliphatic heterocycles. The second-order valence-corrected chi connectivity index (χ2v) is 9.51. The highest BCUT2D eigenvalue weighted by Gasteiger charge is 2.16. The van der Waals surface area contributed by atoms with E-state index in [9.17, 15) is 4.79 Å². The lowest BCUT2D eigenvalue weighted by Gasteiger charge is -2.10. The molecule has 0 aromatic carbocycles. The Bertz CT molecular complexity index is 1700. The third kappa shape index (κ3) is 4.12. The number of pyridine rings is 3. The molecule has 6 rings (SSSR count). The number of H-pyrrole nitrogens is 2. The monoisotopic (exact) mass is 494 g/mol. The van der Waals surface area contributed by atoms with Crippen LogP contribution in [0.1, 0.15) is 0 Å².